The first-order chi connectivity index (χ1) is 14.1. The number of aryl methyl sites for hydroxylation is 1. The summed E-state index contributed by atoms with van der Waals surface area (Å²) in [7, 11) is -3.94. The van der Waals surface area contributed by atoms with Gasteiger partial charge in [-0.1, -0.05) is 82.4 Å². The van der Waals surface area contributed by atoms with E-state index in [1.165, 1.54) is 38.5 Å². The molecule has 1 rings (SSSR count). The summed E-state index contributed by atoms with van der Waals surface area (Å²) < 4.78 is 32.5. The number of hydrogen-bond donors (Lipinski definition) is 0. The molecule has 0 saturated carbocycles. The molecule has 0 saturated heterocycles. The third-order valence-corrected chi connectivity index (χ3v) is 6.70. The average Bonchev–Trinajstić information content (AvgIpc) is 2.64. The second-order valence-electron chi connectivity index (χ2n) is 9.05. The number of unbranched alkanes of at least 4 members (excludes halogenated alkanes) is 9. The molecule has 0 aromatic heterocycles. The molecular formula is C24H41NO4S. The third kappa shape index (κ3) is 9.96. The Bertz CT molecular complexity index is 721. The molecule has 0 aliphatic rings. The van der Waals surface area contributed by atoms with E-state index in [2.05, 4.69) is 6.92 Å². The van der Waals surface area contributed by atoms with Crippen LogP contribution in [0.25, 0.3) is 0 Å². The van der Waals surface area contributed by atoms with Gasteiger partial charge < -0.3 is 4.74 Å². The maximum Gasteiger partial charge on any atom is 0.424 e. The molecule has 6 heteroatoms. The lowest BCUT2D eigenvalue weighted by Gasteiger charge is -2.27. The van der Waals surface area contributed by atoms with Crippen molar-refractivity contribution in [3.8, 4) is 0 Å². The summed E-state index contributed by atoms with van der Waals surface area (Å²) in [5.74, 6) is 0. The summed E-state index contributed by atoms with van der Waals surface area (Å²) in [6.45, 7) is 9.47. The first kappa shape index (κ1) is 26.5. The van der Waals surface area contributed by atoms with Crippen molar-refractivity contribution < 1.29 is 17.9 Å². The quantitative estimate of drug-likeness (QED) is 0.316. The zero-order valence-electron chi connectivity index (χ0n) is 19.6. The number of carbonyl (C=O) groups is 1. The molecular weight excluding hydrogens is 398 g/mol. The Balaban J connectivity index is 2.63. The van der Waals surface area contributed by atoms with Gasteiger partial charge in [-0.15, -0.1) is 0 Å². The Morgan fingerprint density at radius 1 is 0.867 bits per heavy atom. The van der Waals surface area contributed by atoms with E-state index in [-0.39, 0.29) is 11.4 Å². The molecule has 0 atom stereocenters. The molecule has 172 valence electrons. The van der Waals surface area contributed by atoms with E-state index < -0.39 is 21.7 Å². The van der Waals surface area contributed by atoms with Gasteiger partial charge in [-0.3, -0.25) is 0 Å². The molecule has 1 aromatic rings. The summed E-state index contributed by atoms with van der Waals surface area (Å²) in [5.41, 5.74) is 0.211. The SMILES string of the molecule is CCCCCCCCCCCCN(C(=O)OC(C)(C)C)S(=O)(=O)c1ccc(C)cc1. The highest BCUT2D eigenvalue weighted by Crippen LogP contribution is 2.21. The molecule has 0 radical (unpaired) electrons. The van der Waals surface area contributed by atoms with E-state index in [1.807, 2.05) is 6.92 Å². The van der Waals surface area contributed by atoms with Crippen molar-refractivity contribution in [3.05, 3.63) is 29.8 Å². The van der Waals surface area contributed by atoms with E-state index in [9.17, 15) is 13.2 Å². The largest absolute Gasteiger partial charge is 0.443 e. The topological polar surface area (TPSA) is 63.7 Å². The predicted molar refractivity (Wildman–Crippen MR) is 123 cm³/mol. The standard InChI is InChI=1S/C24H41NO4S/c1-6-7-8-9-10-11-12-13-14-15-20-25(23(26)29-24(3,4)5)30(27,28)22-18-16-21(2)17-19-22/h16-19H,6-15,20H2,1-5H3. The van der Waals surface area contributed by atoms with E-state index in [1.54, 1.807) is 45.0 Å². The number of ether oxygens (including phenoxy) is 1. The van der Waals surface area contributed by atoms with Gasteiger partial charge in [0.15, 0.2) is 0 Å². The van der Waals surface area contributed by atoms with Crippen molar-refractivity contribution in [2.24, 2.45) is 0 Å². The summed E-state index contributed by atoms with van der Waals surface area (Å²) in [4.78, 5) is 12.8. The van der Waals surface area contributed by atoms with Crippen LogP contribution in [-0.4, -0.2) is 31.0 Å². The lowest BCUT2D eigenvalue weighted by Crippen LogP contribution is -2.41. The molecule has 0 bridgehead atoms. The second-order valence-corrected chi connectivity index (χ2v) is 10.9. The fraction of sp³-hybridized carbons (Fsp3) is 0.708. The zero-order chi connectivity index (χ0) is 22.6. The third-order valence-electron chi connectivity index (χ3n) is 4.92. The lowest BCUT2D eigenvalue weighted by atomic mass is 10.1. The van der Waals surface area contributed by atoms with Crippen LogP contribution in [0.2, 0.25) is 0 Å². The Morgan fingerprint density at radius 3 is 1.80 bits per heavy atom. The van der Waals surface area contributed by atoms with Crippen molar-refractivity contribution >= 4 is 16.1 Å². The molecule has 0 heterocycles. The van der Waals surface area contributed by atoms with Gasteiger partial charge in [0.1, 0.15) is 5.60 Å². The van der Waals surface area contributed by atoms with Gasteiger partial charge >= 0.3 is 6.09 Å². The summed E-state index contributed by atoms with van der Waals surface area (Å²) in [6.07, 6.45) is 10.6. The van der Waals surface area contributed by atoms with Crippen LogP contribution in [0.4, 0.5) is 4.79 Å². The van der Waals surface area contributed by atoms with Crippen LogP contribution in [0, 0.1) is 6.92 Å². The van der Waals surface area contributed by atoms with Gasteiger partial charge in [-0.05, 0) is 46.2 Å². The Labute approximate surface area is 184 Å². The van der Waals surface area contributed by atoms with Crippen LogP contribution in [0.3, 0.4) is 0 Å². The highest BCUT2D eigenvalue weighted by molar-refractivity contribution is 7.89. The van der Waals surface area contributed by atoms with Gasteiger partial charge in [0, 0.05) is 6.54 Å². The summed E-state index contributed by atoms with van der Waals surface area (Å²) >= 11 is 0. The molecule has 30 heavy (non-hydrogen) atoms. The molecule has 0 N–H and O–H groups in total. The number of sulfonamides is 1. The van der Waals surface area contributed by atoms with Gasteiger partial charge in [0.25, 0.3) is 10.0 Å². The zero-order valence-corrected chi connectivity index (χ0v) is 20.4. The minimum atomic E-state index is -3.94. The van der Waals surface area contributed by atoms with Crippen molar-refractivity contribution in [1.29, 1.82) is 0 Å². The van der Waals surface area contributed by atoms with Crippen LogP contribution in [0.5, 0.6) is 0 Å². The molecule has 0 aliphatic carbocycles. The molecule has 0 spiro atoms. The summed E-state index contributed by atoms with van der Waals surface area (Å²) in [5, 5.41) is 0. The number of nitrogens with zero attached hydrogens (tertiary/aromatic N) is 1. The summed E-state index contributed by atoms with van der Waals surface area (Å²) in [6, 6.07) is 6.56. The number of amides is 1. The van der Waals surface area contributed by atoms with Crippen LogP contribution >= 0.6 is 0 Å². The van der Waals surface area contributed by atoms with Gasteiger partial charge in [-0.2, -0.15) is 0 Å². The van der Waals surface area contributed by atoms with E-state index >= 15 is 0 Å². The van der Waals surface area contributed by atoms with Crippen molar-refractivity contribution in [1.82, 2.24) is 4.31 Å². The smallest absolute Gasteiger partial charge is 0.424 e. The van der Waals surface area contributed by atoms with E-state index in [0.717, 1.165) is 29.1 Å². The minimum Gasteiger partial charge on any atom is -0.443 e. The van der Waals surface area contributed by atoms with Gasteiger partial charge in [-0.25, -0.2) is 17.5 Å². The van der Waals surface area contributed by atoms with Crippen LogP contribution < -0.4 is 0 Å². The Hall–Kier alpha value is -1.56. The van der Waals surface area contributed by atoms with Crippen molar-refractivity contribution in [2.45, 2.75) is 109 Å². The maximum absolute atomic E-state index is 13.1. The Morgan fingerprint density at radius 2 is 1.33 bits per heavy atom. The second kappa shape index (κ2) is 13.0. The molecule has 0 aliphatic heterocycles. The molecule has 5 nitrogen and oxygen atoms in total. The van der Waals surface area contributed by atoms with Crippen molar-refractivity contribution in [3.63, 3.8) is 0 Å². The van der Waals surface area contributed by atoms with Crippen LogP contribution in [-0.2, 0) is 14.8 Å². The number of benzene rings is 1. The van der Waals surface area contributed by atoms with Crippen LogP contribution in [0.1, 0.15) is 97.5 Å². The maximum atomic E-state index is 13.1. The predicted octanol–water partition coefficient (Wildman–Crippen LogP) is 6.84. The van der Waals surface area contributed by atoms with Gasteiger partial charge in [0.05, 0.1) is 4.90 Å². The monoisotopic (exact) mass is 439 g/mol. The number of rotatable bonds is 13. The molecule has 1 aromatic carbocycles. The first-order valence-electron chi connectivity index (χ1n) is 11.4. The van der Waals surface area contributed by atoms with Gasteiger partial charge in [0.2, 0.25) is 0 Å². The Kier molecular flexibility index (Phi) is 11.5. The highest BCUT2D eigenvalue weighted by Gasteiger charge is 2.32. The van der Waals surface area contributed by atoms with Crippen molar-refractivity contribution in [2.75, 3.05) is 6.54 Å². The fourth-order valence-corrected chi connectivity index (χ4v) is 4.54. The first-order valence-corrected chi connectivity index (χ1v) is 12.8. The number of carbonyl (C=O) groups excluding carboxylic acids is 1. The minimum absolute atomic E-state index is 0.117. The van der Waals surface area contributed by atoms with E-state index in [0.29, 0.717) is 6.42 Å². The molecule has 1 amide bonds. The average molecular weight is 440 g/mol. The fourth-order valence-electron chi connectivity index (χ4n) is 3.20. The van der Waals surface area contributed by atoms with Crippen LogP contribution in [0.15, 0.2) is 29.2 Å². The lowest BCUT2D eigenvalue weighted by molar-refractivity contribution is 0.0389. The number of hydrogen-bond acceptors (Lipinski definition) is 4. The normalized spacial score (nSPS) is 12.0. The highest BCUT2D eigenvalue weighted by atomic mass is 32.2. The molecule has 0 unspecified atom stereocenters. The van der Waals surface area contributed by atoms with E-state index in [4.69, 9.17) is 4.74 Å². The molecule has 0 fully saturated rings.